The van der Waals surface area contributed by atoms with Gasteiger partial charge in [0.1, 0.15) is 0 Å². The second-order valence-corrected chi connectivity index (χ2v) is 13.8. The highest BCUT2D eigenvalue weighted by Gasteiger charge is 2.20. The van der Waals surface area contributed by atoms with Gasteiger partial charge in [-0.15, -0.1) is 0 Å². The summed E-state index contributed by atoms with van der Waals surface area (Å²) in [7, 11) is 0. The van der Waals surface area contributed by atoms with Gasteiger partial charge >= 0.3 is 0 Å². The molecule has 0 aliphatic carbocycles. The predicted octanol–water partition coefficient (Wildman–Crippen LogP) is 14.7. The van der Waals surface area contributed by atoms with Gasteiger partial charge in [0.05, 0.1) is 0 Å². The van der Waals surface area contributed by atoms with Crippen LogP contribution in [0, 0.1) is 20.8 Å². The summed E-state index contributed by atoms with van der Waals surface area (Å²) in [6.45, 7) is 6.45. The Labute approximate surface area is 319 Å². The summed E-state index contributed by atoms with van der Waals surface area (Å²) in [4.78, 5) is 7.05. The molecule has 0 amide bonds. The lowest BCUT2D eigenvalue weighted by atomic mass is 10.0. The monoisotopic (exact) mass is 697 g/mol. The van der Waals surface area contributed by atoms with Crippen LogP contribution in [0.5, 0.6) is 0 Å². The number of hydrogen-bond acceptors (Lipinski definition) is 3. The van der Waals surface area contributed by atoms with E-state index in [-0.39, 0.29) is 0 Å². The molecule has 0 aromatic heterocycles. The molecule has 8 aromatic carbocycles. The van der Waals surface area contributed by atoms with Crippen molar-refractivity contribution in [3.8, 4) is 11.1 Å². The molecule has 0 saturated carbocycles. The number of nitrogens with zero attached hydrogens (tertiary/aromatic N) is 3. The van der Waals surface area contributed by atoms with Crippen LogP contribution in [0.4, 0.5) is 51.2 Å². The number of aryl methyl sites for hydroxylation is 3. The third kappa shape index (κ3) is 7.39. The van der Waals surface area contributed by atoms with Crippen LogP contribution >= 0.6 is 0 Å². The van der Waals surface area contributed by atoms with Crippen molar-refractivity contribution >= 4 is 51.2 Å². The first-order valence-electron chi connectivity index (χ1n) is 18.5. The molecule has 0 atom stereocenters. The molecule has 0 aliphatic heterocycles. The zero-order valence-corrected chi connectivity index (χ0v) is 31.0. The standard InChI is InChI=1S/C51H43N3/c1-38-16-13-25-47(32-38)52(43-19-7-4-8-20-43)46-30-28-41(29-31-46)42-35-50(53(44-21-9-5-10-22-44)48-26-14-17-39(2)33-48)37-51(36-42)54(45-23-11-6-12-24-45)49-27-15-18-40(3)34-49/h4-37H,1-3H3. The molecule has 0 saturated heterocycles. The Morgan fingerprint density at radius 2 is 0.537 bits per heavy atom. The average Bonchev–Trinajstić information content (AvgIpc) is 3.20. The van der Waals surface area contributed by atoms with Crippen LogP contribution in [0.25, 0.3) is 11.1 Å². The first-order chi connectivity index (χ1) is 26.5. The maximum Gasteiger partial charge on any atom is 0.0488 e. The third-order valence-corrected chi connectivity index (χ3v) is 9.70. The Morgan fingerprint density at radius 1 is 0.222 bits per heavy atom. The molecular weight excluding hydrogens is 655 g/mol. The highest BCUT2D eigenvalue weighted by Crippen LogP contribution is 2.44. The fourth-order valence-electron chi connectivity index (χ4n) is 7.20. The van der Waals surface area contributed by atoms with E-state index in [9.17, 15) is 0 Å². The van der Waals surface area contributed by atoms with Gasteiger partial charge in [0.25, 0.3) is 0 Å². The minimum Gasteiger partial charge on any atom is -0.310 e. The first-order valence-corrected chi connectivity index (χ1v) is 18.5. The molecule has 0 aliphatic rings. The van der Waals surface area contributed by atoms with E-state index in [2.05, 4.69) is 242 Å². The van der Waals surface area contributed by atoms with Crippen molar-refractivity contribution in [3.63, 3.8) is 0 Å². The van der Waals surface area contributed by atoms with Crippen molar-refractivity contribution in [1.29, 1.82) is 0 Å². The number of anilines is 9. The summed E-state index contributed by atoms with van der Waals surface area (Å²) in [5.41, 5.74) is 15.8. The van der Waals surface area contributed by atoms with Gasteiger partial charge in [0.2, 0.25) is 0 Å². The summed E-state index contributed by atoms with van der Waals surface area (Å²) >= 11 is 0. The number of hydrogen-bond donors (Lipinski definition) is 0. The Kier molecular flexibility index (Phi) is 9.78. The summed E-state index contributed by atoms with van der Waals surface area (Å²) in [5.74, 6) is 0. The average molecular weight is 698 g/mol. The summed E-state index contributed by atoms with van der Waals surface area (Å²) in [5, 5.41) is 0. The SMILES string of the molecule is Cc1cccc(N(c2ccccc2)c2ccc(-c3cc(N(c4ccccc4)c4cccc(C)c4)cc(N(c4ccccc4)c4cccc(C)c4)c3)cc2)c1. The van der Waals surface area contributed by atoms with Crippen LogP contribution in [-0.2, 0) is 0 Å². The molecule has 3 nitrogen and oxygen atoms in total. The number of rotatable bonds is 10. The third-order valence-electron chi connectivity index (χ3n) is 9.70. The number of para-hydroxylation sites is 3. The Morgan fingerprint density at radius 3 is 0.889 bits per heavy atom. The molecular formula is C51H43N3. The molecule has 262 valence electrons. The van der Waals surface area contributed by atoms with Crippen molar-refractivity contribution in [2.75, 3.05) is 14.7 Å². The van der Waals surface area contributed by atoms with Crippen LogP contribution in [-0.4, -0.2) is 0 Å². The Hall–Kier alpha value is -6.84. The van der Waals surface area contributed by atoms with E-state index in [1.54, 1.807) is 0 Å². The fourth-order valence-corrected chi connectivity index (χ4v) is 7.20. The van der Waals surface area contributed by atoms with Crippen LogP contribution in [0.15, 0.2) is 206 Å². The van der Waals surface area contributed by atoms with Gasteiger partial charge in [0, 0.05) is 51.2 Å². The Balaban J connectivity index is 1.32. The van der Waals surface area contributed by atoms with Gasteiger partial charge in [0.15, 0.2) is 0 Å². The molecule has 8 rings (SSSR count). The van der Waals surface area contributed by atoms with Crippen LogP contribution in [0.3, 0.4) is 0 Å². The molecule has 0 heterocycles. The van der Waals surface area contributed by atoms with Gasteiger partial charge < -0.3 is 14.7 Å². The molecule has 8 aromatic rings. The lowest BCUT2D eigenvalue weighted by Gasteiger charge is -2.30. The van der Waals surface area contributed by atoms with Crippen LogP contribution in [0.2, 0.25) is 0 Å². The van der Waals surface area contributed by atoms with E-state index in [0.717, 1.165) is 62.3 Å². The fraction of sp³-hybridized carbons (Fsp3) is 0.0588. The van der Waals surface area contributed by atoms with Crippen LogP contribution in [0.1, 0.15) is 16.7 Å². The lowest BCUT2D eigenvalue weighted by Crippen LogP contribution is -2.14. The molecule has 0 N–H and O–H groups in total. The van der Waals surface area contributed by atoms with Gasteiger partial charge in [-0.3, -0.25) is 0 Å². The highest BCUT2D eigenvalue weighted by molar-refractivity contribution is 5.88. The zero-order valence-electron chi connectivity index (χ0n) is 31.0. The van der Waals surface area contributed by atoms with E-state index in [1.807, 2.05) is 0 Å². The summed E-state index contributed by atoms with van der Waals surface area (Å²) < 4.78 is 0. The van der Waals surface area contributed by atoms with Gasteiger partial charge in [-0.05, 0) is 152 Å². The topological polar surface area (TPSA) is 9.72 Å². The molecule has 3 heteroatoms. The van der Waals surface area contributed by atoms with Crippen molar-refractivity contribution in [3.05, 3.63) is 223 Å². The van der Waals surface area contributed by atoms with Gasteiger partial charge in [-0.1, -0.05) is 103 Å². The van der Waals surface area contributed by atoms with Crippen molar-refractivity contribution in [2.24, 2.45) is 0 Å². The van der Waals surface area contributed by atoms with Crippen molar-refractivity contribution in [1.82, 2.24) is 0 Å². The quantitative estimate of drug-likeness (QED) is 0.141. The second-order valence-electron chi connectivity index (χ2n) is 13.8. The zero-order chi connectivity index (χ0) is 36.9. The molecule has 0 spiro atoms. The molecule has 0 unspecified atom stereocenters. The molecule has 54 heavy (non-hydrogen) atoms. The lowest BCUT2D eigenvalue weighted by molar-refractivity contribution is 1.24. The van der Waals surface area contributed by atoms with Crippen LogP contribution < -0.4 is 14.7 Å². The molecule has 0 bridgehead atoms. The highest BCUT2D eigenvalue weighted by atomic mass is 15.2. The summed E-state index contributed by atoms with van der Waals surface area (Å²) in [6.07, 6.45) is 0. The van der Waals surface area contributed by atoms with Gasteiger partial charge in [-0.2, -0.15) is 0 Å². The maximum absolute atomic E-state index is 2.36. The van der Waals surface area contributed by atoms with Crippen molar-refractivity contribution < 1.29 is 0 Å². The maximum atomic E-state index is 2.36. The largest absolute Gasteiger partial charge is 0.310 e. The van der Waals surface area contributed by atoms with E-state index in [0.29, 0.717) is 0 Å². The van der Waals surface area contributed by atoms with E-state index in [1.165, 1.54) is 16.7 Å². The normalized spacial score (nSPS) is 10.9. The second kappa shape index (κ2) is 15.4. The number of benzene rings is 8. The summed E-state index contributed by atoms with van der Waals surface area (Å²) in [6, 6.07) is 74.0. The Bertz CT molecular complexity index is 2370. The van der Waals surface area contributed by atoms with Crippen molar-refractivity contribution in [2.45, 2.75) is 20.8 Å². The van der Waals surface area contributed by atoms with Gasteiger partial charge in [-0.25, -0.2) is 0 Å². The van der Waals surface area contributed by atoms with E-state index in [4.69, 9.17) is 0 Å². The smallest absolute Gasteiger partial charge is 0.0488 e. The minimum absolute atomic E-state index is 1.07. The van der Waals surface area contributed by atoms with E-state index >= 15 is 0 Å². The first kappa shape index (κ1) is 34.3. The predicted molar refractivity (Wildman–Crippen MR) is 230 cm³/mol. The molecule has 0 fully saturated rings. The minimum atomic E-state index is 1.07. The molecule has 0 radical (unpaired) electrons. The van der Waals surface area contributed by atoms with E-state index < -0.39 is 0 Å².